The maximum Gasteiger partial charge on any atom is 0.303 e. The summed E-state index contributed by atoms with van der Waals surface area (Å²) in [6.45, 7) is 2.17. The highest BCUT2D eigenvalue weighted by Crippen LogP contribution is 2.24. The maximum atomic E-state index is 12.1. The molecule has 6 heteroatoms. The Kier molecular flexibility index (Phi) is 3.63. The molecule has 0 spiro atoms. The number of aliphatic carboxylic acids is 1. The first-order chi connectivity index (χ1) is 8.11. The van der Waals surface area contributed by atoms with E-state index < -0.39 is 5.97 Å². The number of hydrogen-bond acceptors (Lipinski definition) is 4. The molecule has 0 radical (unpaired) electrons. The lowest BCUT2D eigenvalue weighted by Crippen LogP contribution is -2.55. The van der Waals surface area contributed by atoms with E-state index in [1.54, 1.807) is 4.90 Å². The molecule has 0 bridgehead atoms. The van der Waals surface area contributed by atoms with Crippen molar-refractivity contribution in [3.05, 3.63) is 0 Å². The minimum atomic E-state index is -0.792. The molecule has 2 heterocycles. The van der Waals surface area contributed by atoms with Crippen LogP contribution in [-0.4, -0.2) is 61.3 Å². The van der Waals surface area contributed by atoms with Crippen molar-refractivity contribution in [2.24, 2.45) is 11.8 Å². The van der Waals surface area contributed by atoms with Gasteiger partial charge in [-0.05, 0) is 7.05 Å². The molecule has 96 valence electrons. The average molecular weight is 242 g/mol. The zero-order chi connectivity index (χ0) is 12.4. The van der Waals surface area contributed by atoms with Gasteiger partial charge in [-0.25, -0.2) is 0 Å². The fraction of sp³-hybridized carbons (Fsp3) is 0.818. The average Bonchev–Trinajstić information content (AvgIpc) is 2.69. The van der Waals surface area contributed by atoms with E-state index in [0.29, 0.717) is 26.3 Å². The smallest absolute Gasteiger partial charge is 0.303 e. The summed E-state index contributed by atoms with van der Waals surface area (Å²) < 4.78 is 5.29. The molecule has 2 saturated heterocycles. The number of carbonyl (C=O) groups is 2. The van der Waals surface area contributed by atoms with Crippen LogP contribution in [0.15, 0.2) is 0 Å². The highest BCUT2D eigenvalue weighted by Gasteiger charge is 2.40. The number of amides is 1. The largest absolute Gasteiger partial charge is 0.481 e. The first kappa shape index (κ1) is 12.3. The summed E-state index contributed by atoms with van der Waals surface area (Å²) in [5, 5.41) is 11.7. The molecule has 2 unspecified atom stereocenters. The summed E-state index contributed by atoms with van der Waals surface area (Å²) in [5.41, 5.74) is 0. The molecule has 0 aromatic rings. The molecule has 2 aliphatic heterocycles. The Morgan fingerprint density at radius 1 is 1.41 bits per heavy atom. The Labute approximate surface area is 99.9 Å². The Bertz CT molecular complexity index is 315. The Morgan fingerprint density at radius 2 is 2.12 bits per heavy atom. The van der Waals surface area contributed by atoms with E-state index in [9.17, 15) is 9.59 Å². The van der Waals surface area contributed by atoms with Gasteiger partial charge in [0.1, 0.15) is 0 Å². The number of likely N-dealkylation sites (N-methyl/N-ethyl adjacent to an activating group) is 1. The lowest BCUT2D eigenvalue weighted by atomic mass is 9.93. The molecule has 6 nitrogen and oxygen atoms in total. The van der Waals surface area contributed by atoms with Crippen molar-refractivity contribution in [2.45, 2.75) is 12.5 Å². The van der Waals surface area contributed by atoms with E-state index in [-0.39, 0.29) is 30.2 Å². The lowest BCUT2D eigenvalue weighted by Gasteiger charge is -2.40. The van der Waals surface area contributed by atoms with Crippen molar-refractivity contribution in [3.8, 4) is 0 Å². The van der Waals surface area contributed by atoms with Crippen molar-refractivity contribution < 1.29 is 19.4 Å². The zero-order valence-corrected chi connectivity index (χ0v) is 9.89. The molecule has 2 atom stereocenters. The van der Waals surface area contributed by atoms with E-state index in [0.717, 1.165) is 0 Å². The van der Waals surface area contributed by atoms with Crippen molar-refractivity contribution >= 4 is 11.9 Å². The summed E-state index contributed by atoms with van der Waals surface area (Å²) >= 11 is 0. The molecule has 1 amide bonds. The number of rotatable bonds is 4. The number of nitrogens with zero attached hydrogens (tertiary/aromatic N) is 1. The fourth-order valence-electron chi connectivity index (χ4n) is 2.44. The van der Waals surface area contributed by atoms with E-state index in [2.05, 4.69) is 5.32 Å². The van der Waals surface area contributed by atoms with Gasteiger partial charge >= 0.3 is 5.97 Å². The maximum absolute atomic E-state index is 12.1. The van der Waals surface area contributed by atoms with Crippen molar-refractivity contribution in [2.75, 3.05) is 33.4 Å². The van der Waals surface area contributed by atoms with Crippen LogP contribution < -0.4 is 5.32 Å². The van der Waals surface area contributed by atoms with Crippen LogP contribution in [0.5, 0.6) is 0 Å². The van der Waals surface area contributed by atoms with Gasteiger partial charge in [-0.2, -0.15) is 0 Å². The molecule has 2 fully saturated rings. The first-order valence-electron chi connectivity index (χ1n) is 5.87. The van der Waals surface area contributed by atoms with Gasteiger partial charge < -0.3 is 20.1 Å². The van der Waals surface area contributed by atoms with Crippen LogP contribution in [-0.2, 0) is 14.3 Å². The van der Waals surface area contributed by atoms with Crippen LogP contribution in [0, 0.1) is 11.8 Å². The normalized spacial score (nSPS) is 29.1. The molecule has 2 rings (SSSR count). The molecule has 2 N–H and O–H groups in total. The summed E-state index contributed by atoms with van der Waals surface area (Å²) in [4.78, 5) is 24.3. The summed E-state index contributed by atoms with van der Waals surface area (Å²) in [6.07, 6.45) is 0.153. The van der Waals surface area contributed by atoms with Crippen LogP contribution in [0.1, 0.15) is 6.42 Å². The first-order valence-corrected chi connectivity index (χ1v) is 5.87. The number of hydrogen-bond donors (Lipinski definition) is 2. The number of likely N-dealkylation sites (tertiary alicyclic amines) is 1. The van der Waals surface area contributed by atoms with Crippen LogP contribution in [0.3, 0.4) is 0 Å². The number of ether oxygens (including phenoxy) is 1. The molecule has 0 aliphatic carbocycles. The number of carboxylic acid groups (broad SMARTS) is 1. The van der Waals surface area contributed by atoms with Crippen LogP contribution >= 0.6 is 0 Å². The zero-order valence-electron chi connectivity index (χ0n) is 9.89. The summed E-state index contributed by atoms with van der Waals surface area (Å²) in [7, 11) is 1.82. The lowest BCUT2D eigenvalue weighted by molar-refractivity contribution is -0.147. The minimum absolute atomic E-state index is 0.0843. The molecule has 2 aliphatic rings. The van der Waals surface area contributed by atoms with E-state index in [4.69, 9.17) is 9.84 Å². The third-order valence-corrected chi connectivity index (χ3v) is 3.50. The van der Waals surface area contributed by atoms with E-state index >= 15 is 0 Å². The number of carboxylic acids is 1. The quantitative estimate of drug-likeness (QED) is 0.671. The monoisotopic (exact) mass is 242 g/mol. The predicted octanol–water partition coefficient (Wildman–Crippen LogP) is -0.846. The Balaban J connectivity index is 1.80. The standard InChI is InChI=1S/C11H18N2O4/c1-12-9-6-17-5-8(9)11(16)13-3-7(4-13)2-10(14)15/h7-9,12H,2-6H2,1H3,(H,14,15). The van der Waals surface area contributed by atoms with Gasteiger partial charge in [0, 0.05) is 25.0 Å². The SMILES string of the molecule is CNC1COCC1C(=O)N1CC(CC(=O)O)C1. The van der Waals surface area contributed by atoms with Gasteiger partial charge in [-0.15, -0.1) is 0 Å². The second kappa shape index (κ2) is 5.01. The van der Waals surface area contributed by atoms with Crippen LogP contribution in [0.25, 0.3) is 0 Å². The molecule has 0 aromatic carbocycles. The molecule has 17 heavy (non-hydrogen) atoms. The fourth-order valence-corrected chi connectivity index (χ4v) is 2.44. The molecule has 0 saturated carbocycles. The minimum Gasteiger partial charge on any atom is -0.481 e. The molecule has 0 aromatic heterocycles. The van der Waals surface area contributed by atoms with Gasteiger partial charge in [0.25, 0.3) is 0 Å². The topological polar surface area (TPSA) is 78.9 Å². The van der Waals surface area contributed by atoms with Gasteiger partial charge in [0.15, 0.2) is 0 Å². The highest BCUT2D eigenvalue weighted by atomic mass is 16.5. The van der Waals surface area contributed by atoms with Crippen molar-refractivity contribution in [1.29, 1.82) is 0 Å². The third-order valence-electron chi connectivity index (χ3n) is 3.50. The van der Waals surface area contributed by atoms with Crippen molar-refractivity contribution in [3.63, 3.8) is 0 Å². The molecular weight excluding hydrogens is 224 g/mol. The van der Waals surface area contributed by atoms with Crippen molar-refractivity contribution in [1.82, 2.24) is 10.2 Å². The number of nitrogens with one attached hydrogen (secondary N) is 1. The molecular formula is C11H18N2O4. The summed E-state index contributed by atoms with van der Waals surface area (Å²) in [6, 6.07) is 0.0843. The van der Waals surface area contributed by atoms with E-state index in [1.807, 2.05) is 7.05 Å². The third kappa shape index (κ3) is 2.58. The van der Waals surface area contributed by atoms with Gasteiger partial charge in [0.2, 0.25) is 5.91 Å². The van der Waals surface area contributed by atoms with Gasteiger partial charge in [-0.3, -0.25) is 9.59 Å². The van der Waals surface area contributed by atoms with E-state index in [1.165, 1.54) is 0 Å². The van der Waals surface area contributed by atoms with Crippen LogP contribution in [0.2, 0.25) is 0 Å². The summed E-state index contributed by atoms with van der Waals surface area (Å²) in [5.74, 6) is -0.708. The second-order valence-corrected chi connectivity index (χ2v) is 4.75. The predicted molar refractivity (Wildman–Crippen MR) is 59.5 cm³/mol. The second-order valence-electron chi connectivity index (χ2n) is 4.75. The Hall–Kier alpha value is -1.14. The Morgan fingerprint density at radius 3 is 2.71 bits per heavy atom. The number of carbonyl (C=O) groups excluding carboxylic acids is 1. The van der Waals surface area contributed by atoms with Gasteiger partial charge in [0.05, 0.1) is 25.6 Å². The van der Waals surface area contributed by atoms with Gasteiger partial charge in [-0.1, -0.05) is 0 Å². The highest BCUT2D eigenvalue weighted by molar-refractivity contribution is 5.81. The van der Waals surface area contributed by atoms with Crippen LogP contribution in [0.4, 0.5) is 0 Å².